The SMILES string of the molecule is CC(C)(C)OC(=O)NCC(=O)OC12CC3CC(CC(C3)C1O)C2. The van der Waals surface area contributed by atoms with Crippen molar-refractivity contribution in [2.45, 2.75) is 70.2 Å². The zero-order chi connectivity index (χ0) is 16.8. The van der Waals surface area contributed by atoms with E-state index in [0.29, 0.717) is 11.8 Å². The predicted molar refractivity (Wildman–Crippen MR) is 82.6 cm³/mol. The summed E-state index contributed by atoms with van der Waals surface area (Å²) in [6.07, 6.45) is 3.58. The van der Waals surface area contributed by atoms with Crippen LogP contribution in [0.1, 0.15) is 52.9 Å². The molecule has 130 valence electrons. The minimum atomic E-state index is -0.735. The van der Waals surface area contributed by atoms with Gasteiger partial charge in [-0.15, -0.1) is 0 Å². The Balaban J connectivity index is 1.54. The van der Waals surface area contributed by atoms with Crippen LogP contribution in [0.4, 0.5) is 4.79 Å². The Morgan fingerprint density at radius 3 is 2.35 bits per heavy atom. The number of nitrogens with one attached hydrogen (secondary N) is 1. The maximum atomic E-state index is 12.1. The third-order valence-corrected chi connectivity index (χ3v) is 5.29. The lowest BCUT2D eigenvalue weighted by molar-refractivity contribution is -0.226. The number of carbonyl (C=O) groups is 2. The van der Waals surface area contributed by atoms with Crippen molar-refractivity contribution in [2.24, 2.45) is 17.8 Å². The Labute approximate surface area is 136 Å². The number of hydrogen-bond donors (Lipinski definition) is 2. The molecule has 1 amide bonds. The van der Waals surface area contributed by atoms with Crippen LogP contribution >= 0.6 is 0 Å². The van der Waals surface area contributed by atoms with Gasteiger partial charge >= 0.3 is 12.1 Å². The summed E-state index contributed by atoms with van der Waals surface area (Å²) in [4.78, 5) is 23.7. The molecule has 23 heavy (non-hydrogen) atoms. The fraction of sp³-hybridized carbons (Fsp3) is 0.882. The van der Waals surface area contributed by atoms with Gasteiger partial charge in [0.05, 0.1) is 6.10 Å². The Hall–Kier alpha value is -1.30. The lowest BCUT2D eigenvalue weighted by Gasteiger charge is -2.58. The molecule has 3 unspecified atom stereocenters. The van der Waals surface area contributed by atoms with Gasteiger partial charge < -0.3 is 19.9 Å². The molecule has 4 rings (SSSR count). The molecule has 4 bridgehead atoms. The molecule has 0 saturated heterocycles. The number of rotatable bonds is 3. The highest BCUT2D eigenvalue weighted by molar-refractivity contribution is 5.78. The van der Waals surface area contributed by atoms with Gasteiger partial charge in [-0.1, -0.05) is 0 Å². The van der Waals surface area contributed by atoms with Crippen LogP contribution < -0.4 is 5.32 Å². The van der Waals surface area contributed by atoms with Crippen LogP contribution in [0.2, 0.25) is 0 Å². The molecule has 4 fully saturated rings. The first-order valence-electron chi connectivity index (χ1n) is 8.54. The van der Waals surface area contributed by atoms with Crippen molar-refractivity contribution in [3.63, 3.8) is 0 Å². The number of aliphatic hydroxyl groups is 1. The largest absolute Gasteiger partial charge is 0.455 e. The van der Waals surface area contributed by atoms with E-state index in [1.165, 1.54) is 6.42 Å². The maximum absolute atomic E-state index is 12.1. The van der Waals surface area contributed by atoms with E-state index in [9.17, 15) is 14.7 Å². The fourth-order valence-corrected chi connectivity index (χ4v) is 4.80. The van der Waals surface area contributed by atoms with E-state index in [2.05, 4.69) is 5.32 Å². The van der Waals surface area contributed by atoms with E-state index in [4.69, 9.17) is 9.47 Å². The average molecular weight is 325 g/mol. The summed E-state index contributed by atoms with van der Waals surface area (Å²) in [6.45, 7) is 5.05. The monoisotopic (exact) mass is 325 g/mol. The molecular weight excluding hydrogens is 298 g/mol. The summed E-state index contributed by atoms with van der Waals surface area (Å²) in [5.74, 6) is 0.870. The standard InChI is InChI=1S/C17H27NO5/c1-16(2,3)23-15(21)18-9-13(19)22-17-7-10-4-11(8-17)6-12(5-10)14(17)20/h10-12,14,20H,4-9H2,1-3H3,(H,18,21). The zero-order valence-corrected chi connectivity index (χ0v) is 14.1. The average Bonchev–Trinajstić information content (AvgIpc) is 2.39. The number of hydrogen-bond acceptors (Lipinski definition) is 5. The van der Waals surface area contributed by atoms with Gasteiger partial charge in [0.25, 0.3) is 0 Å². The van der Waals surface area contributed by atoms with E-state index >= 15 is 0 Å². The predicted octanol–water partition coefficient (Wildman–Crippen LogP) is 1.99. The lowest BCUT2D eigenvalue weighted by atomic mass is 9.53. The highest BCUT2D eigenvalue weighted by Gasteiger charge is 2.59. The molecule has 2 N–H and O–H groups in total. The fourth-order valence-electron chi connectivity index (χ4n) is 4.80. The van der Waals surface area contributed by atoms with E-state index in [0.717, 1.165) is 25.7 Å². The van der Waals surface area contributed by atoms with E-state index in [-0.39, 0.29) is 12.5 Å². The lowest BCUT2D eigenvalue weighted by Crippen LogP contribution is -2.62. The first-order valence-corrected chi connectivity index (χ1v) is 8.54. The van der Waals surface area contributed by atoms with Gasteiger partial charge in [0.1, 0.15) is 17.7 Å². The van der Waals surface area contributed by atoms with Crippen molar-refractivity contribution in [2.75, 3.05) is 6.54 Å². The van der Waals surface area contributed by atoms with Crippen LogP contribution in [0.15, 0.2) is 0 Å². The molecule has 3 atom stereocenters. The molecule has 0 aromatic rings. The first-order chi connectivity index (χ1) is 10.7. The van der Waals surface area contributed by atoms with Crippen LogP contribution in [0.25, 0.3) is 0 Å². The van der Waals surface area contributed by atoms with Crippen LogP contribution in [0.5, 0.6) is 0 Å². The van der Waals surface area contributed by atoms with Crippen molar-refractivity contribution in [1.29, 1.82) is 0 Å². The Morgan fingerprint density at radius 2 is 1.78 bits per heavy atom. The van der Waals surface area contributed by atoms with Gasteiger partial charge in [-0.2, -0.15) is 0 Å². The van der Waals surface area contributed by atoms with E-state index in [1.807, 2.05) is 0 Å². The van der Waals surface area contributed by atoms with Gasteiger partial charge in [-0.25, -0.2) is 4.79 Å². The van der Waals surface area contributed by atoms with E-state index in [1.54, 1.807) is 20.8 Å². The summed E-state index contributed by atoms with van der Waals surface area (Å²) in [7, 11) is 0. The van der Waals surface area contributed by atoms with Gasteiger partial charge in [-0.05, 0) is 70.6 Å². The molecule has 6 heteroatoms. The molecule has 6 nitrogen and oxygen atoms in total. The van der Waals surface area contributed by atoms with Crippen molar-refractivity contribution >= 4 is 12.1 Å². The molecule has 0 aliphatic heterocycles. The number of ether oxygens (including phenoxy) is 2. The topological polar surface area (TPSA) is 84.9 Å². The molecule has 4 aliphatic carbocycles. The summed E-state index contributed by atoms with van der Waals surface area (Å²) in [5.41, 5.74) is -1.34. The molecule has 4 saturated carbocycles. The third-order valence-electron chi connectivity index (χ3n) is 5.29. The number of alkyl carbamates (subject to hydrolysis) is 1. The minimum Gasteiger partial charge on any atom is -0.455 e. The summed E-state index contributed by atoms with van der Waals surface area (Å²) < 4.78 is 10.8. The van der Waals surface area contributed by atoms with Gasteiger partial charge in [0, 0.05) is 0 Å². The van der Waals surface area contributed by atoms with Crippen molar-refractivity contribution in [3.05, 3.63) is 0 Å². The number of esters is 1. The molecule has 0 radical (unpaired) electrons. The Kier molecular flexibility index (Phi) is 4.07. The van der Waals surface area contributed by atoms with Gasteiger partial charge in [0.15, 0.2) is 0 Å². The van der Waals surface area contributed by atoms with Crippen molar-refractivity contribution < 1.29 is 24.2 Å². The van der Waals surface area contributed by atoms with Crippen molar-refractivity contribution in [1.82, 2.24) is 5.32 Å². The summed E-state index contributed by atoms with van der Waals surface area (Å²) in [6, 6.07) is 0. The zero-order valence-electron chi connectivity index (χ0n) is 14.1. The maximum Gasteiger partial charge on any atom is 0.408 e. The van der Waals surface area contributed by atoms with E-state index < -0.39 is 29.4 Å². The smallest absolute Gasteiger partial charge is 0.408 e. The number of aliphatic hydroxyl groups excluding tert-OH is 1. The van der Waals surface area contributed by atoms with Crippen molar-refractivity contribution in [3.8, 4) is 0 Å². The van der Waals surface area contributed by atoms with Crippen LogP contribution in [0, 0.1) is 17.8 Å². The second-order valence-electron chi connectivity index (χ2n) is 8.45. The highest BCUT2D eigenvalue weighted by Crippen LogP contribution is 2.57. The molecule has 0 aromatic carbocycles. The number of carbonyl (C=O) groups excluding carboxylic acids is 2. The molecule has 0 heterocycles. The Bertz CT molecular complexity index is 484. The molecule has 0 spiro atoms. The summed E-state index contributed by atoms with van der Waals surface area (Å²) >= 11 is 0. The molecular formula is C17H27NO5. The quantitative estimate of drug-likeness (QED) is 0.775. The highest BCUT2D eigenvalue weighted by atomic mass is 16.6. The normalized spacial score (nSPS) is 38.3. The third kappa shape index (κ3) is 3.47. The van der Waals surface area contributed by atoms with Crippen LogP contribution in [-0.2, 0) is 14.3 Å². The van der Waals surface area contributed by atoms with Gasteiger partial charge in [-0.3, -0.25) is 4.79 Å². The Morgan fingerprint density at radius 1 is 1.17 bits per heavy atom. The molecule has 0 aromatic heterocycles. The second kappa shape index (κ2) is 5.65. The minimum absolute atomic E-state index is 0.233. The van der Waals surface area contributed by atoms with Crippen LogP contribution in [0.3, 0.4) is 0 Å². The van der Waals surface area contributed by atoms with Crippen LogP contribution in [-0.4, -0.2) is 41.0 Å². The molecule has 4 aliphatic rings. The second-order valence-corrected chi connectivity index (χ2v) is 8.45. The first kappa shape index (κ1) is 16.6. The van der Waals surface area contributed by atoms with Gasteiger partial charge in [0.2, 0.25) is 0 Å². The number of amides is 1. The summed E-state index contributed by atoms with van der Waals surface area (Å²) in [5, 5.41) is 13.0.